The van der Waals surface area contributed by atoms with Crippen molar-refractivity contribution in [3.63, 3.8) is 0 Å². The Hall–Kier alpha value is -0.450. The van der Waals surface area contributed by atoms with Crippen molar-refractivity contribution in [3.8, 4) is 0 Å². The number of hydrogen-bond acceptors (Lipinski definition) is 4. The van der Waals surface area contributed by atoms with Gasteiger partial charge < -0.3 is 14.4 Å². The topological polar surface area (TPSA) is 32.8 Å². The van der Waals surface area contributed by atoms with E-state index in [0.29, 0.717) is 19.2 Å². The molecule has 0 aliphatic heterocycles. The molecule has 90 valence electrons. The van der Waals surface area contributed by atoms with Crippen LogP contribution in [0, 0.1) is 0 Å². The fourth-order valence-corrected chi connectivity index (χ4v) is 1.01. The van der Waals surface area contributed by atoms with Gasteiger partial charge in [-0.05, 0) is 27.9 Å². The highest BCUT2D eigenvalue weighted by molar-refractivity contribution is 5.51. The maximum Gasteiger partial charge on any atom is 0.133 e. The van der Waals surface area contributed by atoms with Gasteiger partial charge in [-0.1, -0.05) is 0 Å². The minimum atomic E-state index is 0.481. The second-order valence-corrected chi connectivity index (χ2v) is 4.12. The Morgan fingerprint density at radius 2 is 1.80 bits per heavy atom. The standard InChI is InChI=1S/C11H24N2O2/c1-11(2)13(4)7-10-15-9-6-12(3)5-8-14/h8,11H,5-7,9-10H2,1-4H3. The highest BCUT2D eigenvalue weighted by Crippen LogP contribution is 1.92. The maximum atomic E-state index is 10.2. The summed E-state index contributed by atoms with van der Waals surface area (Å²) in [5.74, 6) is 0. The van der Waals surface area contributed by atoms with E-state index in [9.17, 15) is 4.79 Å². The Bertz CT molecular complexity index is 163. The zero-order valence-electron chi connectivity index (χ0n) is 10.4. The summed E-state index contributed by atoms with van der Waals surface area (Å²) in [7, 11) is 4.00. The second kappa shape index (κ2) is 8.83. The molecule has 4 heteroatoms. The molecule has 0 atom stereocenters. The number of carbonyl (C=O) groups is 1. The van der Waals surface area contributed by atoms with Gasteiger partial charge >= 0.3 is 0 Å². The highest BCUT2D eigenvalue weighted by atomic mass is 16.5. The van der Waals surface area contributed by atoms with Gasteiger partial charge in [0.15, 0.2) is 0 Å². The van der Waals surface area contributed by atoms with Gasteiger partial charge in [0.05, 0.1) is 19.8 Å². The second-order valence-electron chi connectivity index (χ2n) is 4.12. The predicted molar refractivity (Wildman–Crippen MR) is 62.1 cm³/mol. The van der Waals surface area contributed by atoms with E-state index in [1.165, 1.54) is 0 Å². The lowest BCUT2D eigenvalue weighted by Gasteiger charge is -2.21. The summed E-state index contributed by atoms with van der Waals surface area (Å²) < 4.78 is 5.47. The van der Waals surface area contributed by atoms with Gasteiger partial charge in [0.1, 0.15) is 6.29 Å². The zero-order chi connectivity index (χ0) is 11.7. The van der Waals surface area contributed by atoms with Crippen LogP contribution in [-0.2, 0) is 9.53 Å². The molecule has 0 rings (SSSR count). The quantitative estimate of drug-likeness (QED) is 0.414. The van der Waals surface area contributed by atoms with Crippen LogP contribution in [0.15, 0.2) is 0 Å². The summed E-state index contributed by atoms with van der Waals surface area (Å²) in [5.41, 5.74) is 0. The average molecular weight is 216 g/mol. The Morgan fingerprint density at radius 3 is 2.33 bits per heavy atom. The van der Waals surface area contributed by atoms with Crippen LogP contribution in [0.4, 0.5) is 0 Å². The molecule has 0 aliphatic carbocycles. The SMILES string of the molecule is CC(C)N(C)CCOCCN(C)CC=O. The molecular weight excluding hydrogens is 192 g/mol. The molecule has 0 saturated heterocycles. The van der Waals surface area contributed by atoms with Gasteiger partial charge in [-0.15, -0.1) is 0 Å². The van der Waals surface area contributed by atoms with E-state index in [1.807, 2.05) is 11.9 Å². The predicted octanol–water partition coefficient (Wildman–Crippen LogP) is 0.474. The monoisotopic (exact) mass is 216 g/mol. The van der Waals surface area contributed by atoms with E-state index < -0.39 is 0 Å². The van der Waals surface area contributed by atoms with Crippen molar-refractivity contribution >= 4 is 6.29 Å². The lowest BCUT2D eigenvalue weighted by Crippen LogP contribution is -2.31. The first kappa shape index (κ1) is 14.6. The Labute approximate surface area is 93.2 Å². The molecule has 0 aromatic carbocycles. The van der Waals surface area contributed by atoms with Crippen LogP contribution in [0.2, 0.25) is 0 Å². The number of hydrogen-bond donors (Lipinski definition) is 0. The minimum Gasteiger partial charge on any atom is -0.379 e. The maximum absolute atomic E-state index is 10.2. The van der Waals surface area contributed by atoms with Crippen LogP contribution in [0.3, 0.4) is 0 Å². The van der Waals surface area contributed by atoms with Crippen LogP contribution in [-0.4, -0.2) is 69.1 Å². The molecule has 0 aromatic heterocycles. The molecule has 0 aromatic rings. The van der Waals surface area contributed by atoms with E-state index in [0.717, 1.165) is 26.0 Å². The summed E-state index contributed by atoms with van der Waals surface area (Å²) in [6, 6.07) is 0.561. The fraction of sp³-hybridized carbons (Fsp3) is 0.909. The number of rotatable bonds is 9. The first-order valence-corrected chi connectivity index (χ1v) is 5.48. The van der Waals surface area contributed by atoms with Gasteiger partial charge in [-0.25, -0.2) is 0 Å². The first-order chi connectivity index (χ1) is 7.07. The van der Waals surface area contributed by atoms with E-state index >= 15 is 0 Å². The van der Waals surface area contributed by atoms with Crippen molar-refractivity contribution < 1.29 is 9.53 Å². The van der Waals surface area contributed by atoms with E-state index in [-0.39, 0.29) is 0 Å². The molecule has 0 radical (unpaired) electrons. The Balaban J connectivity index is 3.28. The van der Waals surface area contributed by atoms with Crippen molar-refractivity contribution in [2.24, 2.45) is 0 Å². The minimum absolute atomic E-state index is 0.481. The fourth-order valence-electron chi connectivity index (χ4n) is 1.01. The lowest BCUT2D eigenvalue weighted by molar-refractivity contribution is -0.108. The van der Waals surface area contributed by atoms with Gasteiger partial charge in [0.25, 0.3) is 0 Å². The molecule has 15 heavy (non-hydrogen) atoms. The molecule has 0 fully saturated rings. The summed E-state index contributed by atoms with van der Waals surface area (Å²) >= 11 is 0. The summed E-state index contributed by atoms with van der Waals surface area (Å²) in [4.78, 5) is 14.4. The number of likely N-dealkylation sites (N-methyl/N-ethyl adjacent to an activating group) is 2. The van der Waals surface area contributed by atoms with Crippen LogP contribution < -0.4 is 0 Å². The van der Waals surface area contributed by atoms with Gasteiger partial charge in [0, 0.05) is 19.1 Å². The van der Waals surface area contributed by atoms with Crippen LogP contribution in [0.1, 0.15) is 13.8 Å². The van der Waals surface area contributed by atoms with E-state index in [2.05, 4.69) is 25.8 Å². The normalized spacial score (nSPS) is 11.7. The van der Waals surface area contributed by atoms with E-state index in [4.69, 9.17) is 4.74 Å². The Morgan fingerprint density at radius 1 is 1.20 bits per heavy atom. The zero-order valence-corrected chi connectivity index (χ0v) is 10.4. The molecule has 0 aliphatic rings. The molecule has 0 N–H and O–H groups in total. The molecule has 0 bridgehead atoms. The highest BCUT2D eigenvalue weighted by Gasteiger charge is 2.02. The van der Waals surface area contributed by atoms with Gasteiger partial charge in [-0.3, -0.25) is 4.90 Å². The third kappa shape index (κ3) is 8.54. The van der Waals surface area contributed by atoms with Crippen molar-refractivity contribution in [1.82, 2.24) is 9.80 Å². The molecule has 4 nitrogen and oxygen atoms in total. The average Bonchev–Trinajstić information content (AvgIpc) is 2.17. The van der Waals surface area contributed by atoms with Crippen molar-refractivity contribution in [1.29, 1.82) is 0 Å². The van der Waals surface area contributed by atoms with Crippen LogP contribution in [0.25, 0.3) is 0 Å². The third-order valence-electron chi connectivity index (χ3n) is 2.47. The van der Waals surface area contributed by atoms with Crippen LogP contribution >= 0.6 is 0 Å². The summed E-state index contributed by atoms with van der Waals surface area (Å²) in [6.45, 7) is 8.02. The van der Waals surface area contributed by atoms with Crippen LogP contribution in [0.5, 0.6) is 0 Å². The third-order valence-corrected chi connectivity index (χ3v) is 2.47. The molecule has 0 unspecified atom stereocenters. The smallest absolute Gasteiger partial charge is 0.133 e. The Kier molecular flexibility index (Phi) is 8.56. The largest absolute Gasteiger partial charge is 0.379 e. The number of aldehydes is 1. The summed E-state index contributed by atoms with van der Waals surface area (Å²) in [6.07, 6.45) is 0.909. The van der Waals surface area contributed by atoms with Gasteiger partial charge in [0.2, 0.25) is 0 Å². The molecule has 0 heterocycles. The molecule has 0 saturated carbocycles. The van der Waals surface area contributed by atoms with Crippen molar-refractivity contribution in [2.45, 2.75) is 19.9 Å². The number of ether oxygens (including phenoxy) is 1. The molecule has 0 amide bonds. The van der Waals surface area contributed by atoms with Crippen molar-refractivity contribution in [3.05, 3.63) is 0 Å². The number of carbonyl (C=O) groups excluding carboxylic acids is 1. The lowest BCUT2D eigenvalue weighted by atomic mass is 10.3. The summed E-state index contributed by atoms with van der Waals surface area (Å²) in [5, 5.41) is 0. The molecule has 0 spiro atoms. The van der Waals surface area contributed by atoms with Gasteiger partial charge in [-0.2, -0.15) is 0 Å². The first-order valence-electron chi connectivity index (χ1n) is 5.48. The number of nitrogens with zero attached hydrogens (tertiary/aromatic N) is 2. The molecular formula is C11H24N2O2. The van der Waals surface area contributed by atoms with E-state index in [1.54, 1.807) is 0 Å². The van der Waals surface area contributed by atoms with Crippen molar-refractivity contribution in [2.75, 3.05) is 46.9 Å².